The van der Waals surface area contributed by atoms with Gasteiger partial charge in [0, 0.05) is 5.56 Å². The van der Waals surface area contributed by atoms with Gasteiger partial charge in [-0.3, -0.25) is 4.79 Å². The van der Waals surface area contributed by atoms with E-state index in [1.165, 1.54) is 0 Å². The Balaban J connectivity index is 1.85. The second kappa shape index (κ2) is 10.4. The van der Waals surface area contributed by atoms with Crippen molar-refractivity contribution in [1.82, 2.24) is 10.0 Å². The predicted molar refractivity (Wildman–Crippen MR) is 120 cm³/mol. The molecule has 32 heavy (non-hydrogen) atoms. The smallest absolute Gasteiger partial charge is 0.241 e. The van der Waals surface area contributed by atoms with Crippen LogP contribution in [0.3, 0.4) is 0 Å². The molecule has 1 amide bonds. The fourth-order valence-electron chi connectivity index (χ4n) is 3.32. The first-order valence-electron chi connectivity index (χ1n) is 10.1. The molecule has 0 fully saturated rings. The summed E-state index contributed by atoms with van der Waals surface area (Å²) in [5.74, 6) is -0.419. The Labute approximate surface area is 187 Å². The summed E-state index contributed by atoms with van der Waals surface area (Å²) in [4.78, 5) is 13.0. The highest BCUT2D eigenvalue weighted by Gasteiger charge is 2.27. The van der Waals surface area contributed by atoms with E-state index in [1.54, 1.807) is 20.1 Å². The fraction of sp³-hybridized carbons (Fsp3) is 0.208. The van der Waals surface area contributed by atoms with E-state index in [0.717, 1.165) is 35.4 Å². The molecule has 2 N–H and O–H groups in total. The van der Waals surface area contributed by atoms with Crippen LogP contribution in [0.15, 0.2) is 83.8 Å². The van der Waals surface area contributed by atoms with Gasteiger partial charge in [0.1, 0.15) is 17.6 Å². The summed E-state index contributed by atoms with van der Waals surface area (Å²) in [7, 11) is -2.51. The molecule has 168 valence electrons. The van der Waals surface area contributed by atoms with Gasteiger partial charge in [-0.05, 0) is 49.2 Å². The molecule has 8 heteroatoms. The number of hydrogen-bond donors (Lipinski definition) is 2. The van der Waals surface area contributed by atoms with Gasteiger partial charge in [-0.1, -0.05) is 48.5 Å². The van der Waals surface area contributed by atoms with Crippen LogP contribution in [-0.2, 0) is 21.2 Å². The number of halogens is 1. The molecule has 3 rings (SSSR count). The Bertz CT molecular complexity index is 1150. The molecular formula is C24H25FN2O4S. The molecule has 0 heterocycles. The largest absolute Gasteiger partial charge is 0.496 e. The number of carbonyl (C=O) groups is 1. The van der Waals surface area contributed by atoms with Crippen molar-refractivity contribution < 1.29 is 22.3 Å². The van der Waals surface area contributed by atoms with Crippen molar-refractivity contribution in [2.75, 3.05) is 7.11 Å². The summed E-state index contributed by atoms with van der Waals surface area (Å²) in [6.07, 6.45) is 0.145. The maximum absolute atomic E-state index is 13.2. The zero-order valence-corrected chi connectivity index (χ0v) is 18.6. The minimum absolute atomic E-state index is 0.123. The molecule has 6 nitrogen and oxygen atoms in total. The average Bonchev–Trinajstić information content (AvgIpc) is 2.79. The third kappa shape index (κ3) is 5.93. The van der Waals surface area contributed by atoms with Crippen LogP contribution >= 0.6 is 0 Å². The van der Waals surface area contributed by atoms with Gasteiger partial charge in [0.05, 0.1) is 18.0 Å². The number of amides is 1. The fourth-order valence-corrected chi connectivity index (χ4v) is 4.52. The zero-order chi connectivity index (χ0) is 23.1. The maximum Gasteiger partial charge on any atom is 0.241 e. The molecule has 0 spiro atoms. The normalized spacial score (nSPS) is 13.2. The highest BCUT2D eigenvalue weighted by atomic mass is 32.2. The van der Waals surface area contributed by atoms with Crippen LogP contribution in [0.25, 0.3) is 0 Å². The lowest BCUT2D eigenvalue weighted by molar-refractivity contribution is -0.123. The Morgan fingerprint density at radius 2 is 1.59 bits per heavy atom. The van der Waals surface area contributed by atoms with Gasteiger partial charge in [-0.25, -0.2) is 12.8 Å². The van der Waals surface area contributed by atoms with Gasteiger partial charge in [-0.2, -0.15) is 4.72 Å². The summed E-state index contributed by atoms with van der Waals surface area (Å²) in [5.41, 5.74) is 1.56. The molecular weight excluding hydrogens is 431 g/mol. The van der Waals surface area contributed by atoms with Crippen molar-refractivity contribution in [3.63, 3.8) is 0 Å². The Morgan fingerprint density at radius 3 is 2.25 bits per heavy atom. The van der Waals surface area contributed by atoms with E-state index >= 15 is 0 Å². The lowest BCUT2D eigenvalue weighted by Crippen LogP contribution is -2.48. The third-order valence-electron chi connectivity index (χ3n) is 4.98. The number of methoxy groups -OCH3 is 1. The number of nitrogens with one attached hydrogen (secondary N) is 2. The number of rotatable bonds is 9. The maximum atomic E-state index is 13.2. The van der Waals surface area contributed by atoms with E-state index < -0.39 is 33.8 Å². The number of carbonyl (C=O) groups excluding carboxylic acids is 1. The van der Waals surface area contributed by atoms with Crippen molar-refractivity contribution in [1.29, 1.82) is 0 Å². The molecule has 0 aliphatic heterocycles. The van der Waals surface area contributed by atoms with Crippen molar-refractivity contribution in [3.05, 3.63) is 95.8 Å². The first-order chi connectivity index (χ1) is 15.3. The number of sulfonamides is 1. The number of benzene rings is 3. The predicted octanol–water partition coefficient (Wildman–Crippen LogP) is 3.60. The van der Waals surface area contributed by atoms with Crippen LogP contribution < -0.4 is 14.8 Å². The Kier molecular flexibility index (Phi) is 7.61. The molecule has 3 aromatic carbocycles. The molecule has 0 saturated carbocycles. The van der Waals surface area contributed by atoms with E-state index in [4.69, 9.17) is 4.74 Å². The van der Waals surface area contributed by atoms with Crippen molar-refractivity contribution in [3.8, 4) is 5.75 Å². The molecule has 0 aliphatic rings. The van der Waals surface area contributed by atoms with Gasteiger partial charge in [0.2, 0.25) is 15.9 Å². The summed E-state index contributed by atoms with van der Waals surface area (Å²) < 4.78 is 46.8. The Morgan fingerprint density at radius 1 is 0.969 bits per heavy atom. The number of hydrogen-bond acceptors (Lipinski definition) is 4. The minimum Gasteiger partial charge on any atom is -0.496 e. The summed E-state index contributed by atoms with van der Waals surface area (Å²) in [6, 6.07) is 19.3. The highest BCUT2D eigenvalue weighted by molar-refractivity contribution is 7.89. The Hall–Kier alpha value is -3.23. The topological polar surface area (TPSA) is 84.5 Å². The van der Waals surface area contributed by atoms with Crippen molar-refractivity contribution >= 4 is 15.9 Å². The first-order valence-corrected chi connectivity index (χ1v) is 11.5. The van der Waals surface area contributed by atoms with Gasteiger partial charge in [-0.15, -0.1) is 0 Å². The van der Waals surface area contributed by atoms with Gasteiger partial charge in [0.25, 0.3) is 0 Å². The average molecular weight is 457 g/mol. The van der Waals surface area contributed by atoms with E-state index in [9.17, 15) is 17.6 Å². The van der Waals surface area contributed by atoms with Crippen molar-refractivity contribution in [2.45, 2.75) is 30.3 Å². The molecule has 0 radical (unpaired) electrons. The van der Waals surface area contributed by atoms with Gasteiger partial charge < -0.3 is 10.1 Å². The zero-order valence-electron chi connectivity index (χ0n) is 17.8. The molecule has 2 atom stereocenters. The lowest BCUT2D eigenvalue weighted by atomic mass is 10.0. The minimum atomic E-state index is -4.06. The van der Waals surface area contributed by atoms with E-state index in [2.05, 4.69) is 10.0 Å². The van der Waals surface area contributed by atoms with Crippen molar-refractivity contribution in [2.24, 2.45) is 0 Å². The van der Waals surface area contributed by atoms with E-state index in [0.29, 0.717) is 5.75 Å². The second-order valence-corrected chi connectivity index (χ2v) is 9.00. The summed E-state index contributed by atoms with van der Waals surface area (Å²) >= 11 is 0. The van der Waals surface area contributed by atoms with Crippen LogP contribution in [0.5, 0.6) is 5.75 Å². The second-order valence-electron chi connectivity index (χ2n) is 7.29. The van der Waals surface area contributed by atoms with Gasteiger partial charge >= 0.3 is 0 Å². The number of para-hydroxylation sites is 1. The molecule has 0 aromatic heterocycles. The molecule has 0 unspecified atom stereocenters. The summed E-state index contributed by atoms with van der Waals surface area (Å²) in [5, 5.41) is 2.87. The standard InChI is InChI=1S/C24H25FN2O4S/c1-17(21-10-6-7-11-23(21)31-2)26-24(28)22(16-18-8-4-3-5-9-18)27-32(29,30)20-14-12-19(25)13-15-20/h3-15,17,22,27H,16H2,1-2H3,(H,26,28)/t17-,22+/m1/s1. The molecule has 3 aromatic rings. The van der Waals surface area contributed by atoms with E-state index in [1.807, 2.05) is 48.5 Å². The quantitative estimate of drug-likeness (QED) is 0.515. The van der Waals surface area contributed by atoms with Crippen LogP contribution in [0.4, 0.5) is 4.39 Å². The number of ether oxygens (including phenoxy) is 1. The lowest BCUT2D eigenvalue weighted by Gasteiger charge is -2.23. The summed E-state index contributed by atoms with van der Waals surface area (Å²) in [6.45, 7) is 1.80. The highest BCUT2D eigenvalue weighted by Crippen LogP contribution is 2.24. The van der Waals surface area contributed by atoms with Crippen LogP contribution in [0, 0.1) is 5.82 Å². The molecule has 0 saturated heterocycles. The van der Waals surface area contributed by atoms with Gasteiger partial charge in [0.15, 0.2) is 0 Å². The molecule has 0 bridgehead atoms. The monoisotopic (exact) mass is 456 g/mol. The third-order valence-corrected chi connectivity index (χ3v) is 6.47. The van der Waals surface area contributed by atoms with Crippen LogP contribution in [0.2, 0.25) is 0 Å². The van der Waals surface area contributed by atoms with Crippen LogP contribution in [0.1, 0.15) is 24.1 Å². The van der Waals surface area contributed by atoms with E-state index in [-0.39, 0.29) is 11.3 Å². The van der Waals surface area contributed by atoms with Crippen LogP contribution in [-0.4, -0.2) is 27.5 Å². The SMILES string of the molecule is COc1ccccc1[C@@H](C)NC(=O)[C@H](Cc1ccccc1)NS(=O)(=O)c1ccc(F)cc1. The molecule has 0 aliphatic carbocycles. The first kappa shape index (κ1) is 23.4.